The number of benzene rings is 2. The van der Waals surface area contributed by atoms with Gasteiger partial charge >= 0.3 is 0 Å². The van der Waals surface area contributed by atoms with E-state index in [9.17, 15) is 9.59 Å². The van der Waals surface area contributed by atoms with Crippen molar-refractivity contribution in [2.45, 2.75) is 39.7 Å². The minimum atomic E-state index is -0.273. The van der Waals surface area contributed by atoms with E-state index in [1.807, 2.05) is 6.92 Å². The molecule has 2 aromatic carbocycles. The molecule has 2 amide bonds. The van der Waals surface area contributed by atoms with Crippen molar-refractivity contribution >= 4 is 11.8 Å². The number of carbonyl (C=O) groups is 2. The molecule has 3 N–H and O–H groups in total. The quantitative estimate of drug-likeness (QED) is 0.510. The summed E-state index contributed by atoms with van der Waals surface area (Å²) in [5.74, 6) is -0.446. The zero-order chi connectivity index (χ0) is 21.1. The first kappa shape index (κ1) is 22.4. The van der Waals surface area contributed by atoms with Crippen molar-refractivity contribution in [1.29, 1.82) is 0 Å². The molecule has 0 aromatic heterocycles. The van der Waals surface area contributed by atoms with Gasteiger partial charge in [-0.2, -0.15) is 0 Å². The lowest BCUT2D eigenvalue weighted by atomic mass is 10.1. The van der Waals surface area contributed by atoms with Crippen LogP contribution < -0.4 is 16.0 Å². The van der Waals surface area contributed by atoms with E-state index in [1.54, 1.807) is 18.2 Å². The number of carbonyl (C=O) groups excluding carboxylic acids is 2. The van der Waals surface area contributed by atoms with Gasteiger partial charge < -0.3 is 16.0 Å². The molecule has 0 saturated heterocycles. The number of aryl methyl sites for hydroxylation is 2. The first-order chi connectivity index (χ1) is 14.0. The molecule has 0 heterocycles. The lowest BCUT2D eigenvalue weighted by Gasteiger charge is -2.09. The summed E-state index contributed by atoms with van der Waals surface area (Å²) in [4.78, 5) is 24.4. The van der Waals surface area contributed by atoms with Gasteiger partial charge in [0.1, 0.15) is 0 Å². The highest BCUT2D eigenvalue weighted by Crippen LogP contribution is 2.10. The second kappa shape index (κ2) is 11.8. The van der Waals surface area contributed by atoms with E-state index < -0.39 is 0 Å². The van der Waals surface area contributed by atoms with Crippen LogP contribution in [0.4, 0.5) is 0 Å². The van der Waals surface area contributed by atoms with Crippen molar-refractivity contribution in [1.82, 2.24) is 16.0 Å². The molecule has 0 radical (unpaired) electrons. The maximum atomic E-state index is 12.4. The molecule has 2 rings (SSSR count). The maximum absolute atomic E-state index is 12.4. The first-order valence-corrected chi connectivity index (χ1v) is 10.1. The van der Waals surface area contributed by atoms with Gasteiger partial charge in [0.05, 0.1) is 0 Å². The van der Waals surface area contributed by atoms with E-state index in [1.165, 1.54) is 17.3 Å². The van der Waals surface area contributed by atoms with Gasteiger partial charge in [-0.25, -0.2) is 0 Å². The summed E-state index contributed by atoms with van der Waals surface area (Å²) in [6.45, 7) is 9.75. The predicted molar refractivity (Wildman–Crippen MR) is 118 cm³/mol. The Bertz CT molecular complexity index is 846. The molecule has 0 saturated carbocycles. The molecule has 2 aromatic rings. The molecule has 0 fully saturated rings. The fourth-order valence-electron chi connectivity index (χ4n) is 3.16. The third-order valence-corrected chi connectivity index (χ3v) is 4.51. The van der Waals surface area contributed by atoms with Crippen molar-refractivity contribution in [2.24, 2.45) is 0 Å². The van der Waals surface area contributed by atoms with Crippen molar-refractivity contribution in [2.75, 3.05) is 13.1 Å². The molecule has 0 bridgehead atoms. The lowest BCUT2D eigenvalue weighted by molar-refractivity contribution is 0.0953. The normalized spacial score (nSPS) is 10.4. The highest BCUT2D eigenvalue weighted by Gasteiger charge is 2.11. The van der Waals surface area contributed by atoms with E-state index in [0.29, 0.717) is 17.7 Å². The average molecular weight is 394 g/mol. The third kappa shape index (κ3) is 7.54. The van der Waals surface area contributed by atoms with E-state index in [0.717, 1.165) is 37.9 Å². The van der Waals surface area contributed by atoms with E-state index in [2.05, 4.69) is 53.7 Å². The van der Waals surface area contributed by atoms with Crippen LogP contribution >= 0.6 is 0 Å². The Morgan fingerprint density at radius 2 is 1.72 bits per heavy atom. The fourth-order valence-corrected chi connectivity index (χ4v) is 3.16. The van der Waals surface area contributed by atoms with Crippen LogP contribution in [0.15, 0.2) is 55.2 Å². The number of nitrogens with one attached hydrogen (secondary N) is 3. The van der Waals surface area contributed by atoms with Gasteiger partial charge in [-0.3, -0.25) is 9.59 Å². The van der Waals surface area contributed by atoms with Crippen molar-refractivity contribution in [3.8, 4) is 0 Å². The van der Waals surface area contributed by atoms with Crippen molar-refractivity contribution in [3.05, 3.63) is 83.1 Å². The number of hydrogen-bond donors (Lipinski definition) is 3. The summed E-state index contributed by atoms with van der Waals surface area (Å²) >= 11 is 0. The summed E-state index contributed by atoms with van der Waals surface area (Å²) in [6.07, 6.45) is 4.42. The fraction of sp³-hybridized carbons (Fsp3) is 0.333. The van der Waals surface area contributed by atoms with Crippen LogP contribution in [-0.4, -0.2) is 24.9 Å². The van der Waals surface area contributed by atoms with Gasteiger partial charge in [-0.15, -0.1) is 0 Å². The second-order valence-corrected chi connectivity index (χ2v) is 7.12. The molecule has 0 aliphatic carbocycles. The Balaban J connectivity index is 1.75. The van der Waals surface area contributed by atoms with Gasteiger partial charge in [0, 0.05) is 24.2 Å². The van der Waals surface area contributed by atoms with Crippen molar-refractivity contribution < 1.29 is 9.59 Å². The Morgan fingerprint density at radius 3 is 2.45 bits per heavy atom. The molecular formula is C24H31N3O2. The van der Waals surface area contributed by atoms with Crippen LogP contribution in [0.1, 0.15) is 57.2 Å². The molecular weight excluding hydrogens is 362 g/mol. The zero-order valence-electron chi connectivity index (χ0n) is 17.4. The molecule has 0 spiro atoms. The Kier molecular flexibility index (Phi) is 9.12. The molecule has 0 atom stereocenters. The van der Waals surface area contributed by atoms with Crippen LogP contribution in [0.5, 0.6) is 0 Å². The van der Waals surface area contributed by atoms with E-state index in [4.69, 9.17) is 0 Å². The summed E-state index contributed by atoms with van der Waals surface area (Å²) in [7, 11) is 0. The van der Waals surface area contributed by atoms with Gasteiger partial charge in [-0.1, -0.05) is 44.2 Å². The number of hydrogen-bond acceptors (Lipinski definition) is 3. The zero-order valence-corrected chi connectivity index (χ0v) is 17.4. The minimum Gasteiger partial charge on any atom is -0.352 e. The van der Waals surface area contributed by atoms with Crippen LogP contribution in [0.25, 0.3) is 0 Å². The smallest absolute Gasteiger partial charge is 0.255 e. The summed E-state index contributed by atoms with van der Waals surface area (Å²) in [5.41, 5.74) is 4.45. The topological polar surface area (TPSA) is 70.2 Å². The Hall–Kier alpha value is -2.92. The highest BCUT2D eigenvalue weighted by molar-refractivity contribution is 6.00. The first-order valence-electron chi connectivity index (χ1n) is 10.1. The van der Waals surface area contributed by atoms with E-state index >= 15 is 0 Å². The molecule has 5 heteroatoms. The average Bonchev–Trinajstić information content (AvgIpc) is 2.70. The summed E-state index contributed by atoms with van der Waals surface area (Å²) < 4.78 is 0. The second-order valence-electron chi connectivity index (χ2n) is 7.12. The Labute approximate surface area is 173 Å². The monoisotopic (exact) mass is 393 g/mol. The Morgan fingerprint density at radius 1 is 1.00 bits per heavy atom. The summed E-state index contributed by atoms with van der Waals surface area (Å²) in [6, 6.07) is 13.8. The minimum absolute atomic E-state index is 0.173. The maximum Gasteiger partial charge on any atom is 0.255 e. The molecule has 0 aliphatic heterocycles. The number of amides is 2. The lowest BCUT2D eigenvalue weighted by Crippen LogP contribution is -2.27. The highest BCUT2D eigenvalue weighted by atomic mass is 16.2. The van der Waals surface area contributed by atoms with Crippen LogP contribution in [0.2, 0.25) is 0 Å². The predicted octanol–water partition coefficient (Wildman–Crippen LogP) is 3.73. The molecule has 154 valence electrons. The standard InChI is InChI=1S/C24H31N3O2/c1-4-8-19-9-6-10-20(15-19)17-25-11-7-12-27-24(29)22-14-18(3)13-21(16-22)23(28)26-5-2/h5-6,9-10,13-16,25H,2,4,7-8,11-12,17H2,1,3H3,(H,26,28)(H,27,29). The van der Waals surface area contributed by atoms with Gasteiger partial charge in [0.25, 0.3) is 11.8 Å². The SMILES string of the molecule is C=CNC(=O)c1cc(C)cc(C(=O)NCCCNCc2cccc(CCC)c2)c1. The molecule has 29 heavy (non-hydrogen) atoms. The molecule has 0 aliphatic rings. The van der Waals surface area contributed by atoms with Gasteiger partial charge in [0.15, 0.2) is 0 Å². The van der Waals surface area contributed by atoms with Gasteiger partial charge in [0.2, 0.25) is 0 Å². The van der Waals surface area contributed by atoms with Crippen LogP contribution in [0.3, 0.4) is 0 Å². The molecule has 5 nitrogen and oxygen atoms in total. The van der Waals surface area contributed by atoms with Gasteiger partial charge in [-0.05, 0) is 67.4 Å². The van der Waals surface area contributed by atoms with Crippen molar-refractivity contribution in [3.63, 3.8) is 0 Å². The molecule has 0 unspecified atom stereocenters. The largest absolute Gasteiger partial charge is 0.352 e. The van der Waals surface area contributed by atoms with Crippen LogP contribution in [0, 0.1) is 6.92 Å². The van der Waals surface area contributed by atoms with E-state index in [-0.39, 0.29) is 11.8 Å². The van der Waals surface area contributed by atoms with Crippen LogP contribution in [-0.2, 0) is 13.0 Å². The summed E-state index contributed by atoms with van der Waals surface area (Å²) in [5, 5.41) is 8.87. The number of rotatable bonds is 11. The third-order valence-electron chi connectivity index (χ3n) is 4.51.